The van der Waals surface area contributed by atoms with Crippen LogP contribution >= 0.6 is 0 Å². The number of aromatic nitrogens is 1. The number of methoxy groups -OCH3 is 1. The summed E-state index contributed by atoms with van der Waals surface area (Å²) in [6.07, 6.45) is -0.154. The van der Waals surface area contributed by atoms with Crippen molar-refractivity contribution in [3.8, 4) is 11.5 Å². The molecule has 45 heavy (non-hydrogen) atoms. The monoisotopic (exact) mass is 621 g/mol. The van der Waals surface area contributed by atoms with Crippen molar-refractivity contribution >= 4 is 17.7 Å². The zero-order valence-electron chi connectivity index (χ0n) is 25.7. The van der Waals surface area contributed by atoms with Gasteiger partial charge in [-0.25, -0.2) is 4.98 Å². The number of ether oxygens (including phenoxy) is 7. The number of esters is 2. The van der Waals surface area contributed by atoms with Crippen molar-refractivity contribution in [1.29, 1.82) is 0 Å². The fourth-order valence-corrected chi connectivity index (χ4v) is 4.83. The van der Waals surface area contributed by atoms with E-state index in [9.17, 15) is 14.4 Å². The summed E-state index contributed by atoms with van der Waals surface area (Å²) in [5.41, 5.74) is 1.90. The first kappa shape index (κ1) is 33.6. The fourth-order valence-electron chi connectivity index (χ4n) is 4.83. The molecule has 11 heteroatoms. The number of Topliss-reactive ketones (excluding diaryl/α,β-unsaturated/α-hetero) is 1. The summed E-state index contributed by atoms with van der Waals surface area (Å²) >= 11 is 0. The van der Waals surface area contributed by atoms with Gasteiger partial charge < -0.3 is 33.2 Å². The van der Waals surface area contributed by atoms with Crippen molar-refractivity contribution in [3.05, 3.63) is 89.7 Å². The van der Waals surface area contributed by atoms with Gasteiger partial charge in [0.05, 0.1) is 39.0 Å². The molecule has 0 saturated carbocycles. The molecule has 3 aromatic rings. The zero-order valence-corrected chi connectivity index (χ0v) is 25.7. The molecule has 1 aromatic heterocycles. The van der Waals surface area contributed by atoms with Crippen molar-refractivity contribution in [2.45, 2.75) is 58.2 Å². The molecule has 4 atom stereocenters. The van der Waals surface area contributed by atoms with Crippen LogP contribution in [-0.2, 0) is 46.5 Å². The van der Waals surface area contributed by atoms with Gasteiger partial charge >= 0.3 is 11.9 Å². The molecule has 0 radical (unpaired) electrons. The van der Waals surface area contributed by atoms with E-state index < -0.39 is 48.7 Å². The molecule has 1 saturated heterocycles. The van der Waals surface area contributed by atoms with Gasteiger partial charge in [0.15, 0.2) is 23.0 Å². The number of cyclic esters (lactones) is 1. The Bertz CT molecular complexity index is 1380. The average Bonchev–Trinajstić information content (AvgIpc) is 3.04. The zero-order chi connectivity index (χ0) is 32.0. The van der Waals surface area contributed by atoms with Gasteiger partial charge in [-0.3, -0.25) is 14.4 Å². The second-order valence-corrected chi connectivity index (χ2v) is 10.5. The van der Waals surface area contributed by atoms with E-state index in [4.69, 9.17) is 33.2 Å². The second kappa shape index (κ2) is 17.2. The van der Waals surface area contributed by atoms with E-state index in [1.165, 1.54) is 26.3 Å². The van der Waals surface area contributed by atoms with Gasteiger partial charge in [-0.2, -0.15) is 0 Å². The van der Waals surface area contributed by atoms with Crippen LogP contribution in [0.3, 0.4) is 0 Å². The summed E-state index contributed by atoms with van der Waals surface area (Å²) in [4.78, 5) is 42.3. The maximum absolute atomic E-state index is 13.5. The van der Waals surface area contributed by atoms with E-state index in [1.807, 2.05) is 60.7 Å². The first-order valence-electron chi connectivity index (χ1n) is 14.8. The average molecular weight is 622 g/mol. The molecule has 0 N–H and O–H groups in total. The van der Waals surface area contributed by atoms with Crippen LogP contribution in [0.1, 0.15) is 48.3 Å². The highest BCUT2D eigenvalue weighted by Crippen LogP contribution is 2.31. The van der Waals surface area contributed by atoms with E-state index in [2.05, 4.69) is 4.98 Å². The highest BCUT2D eigenvalue weighted by molar-refractivity contribution is 5.99. The SMILES string of the molecule is COc1ccnc(C(=O)C[C@H]2COCC[C@H](OCc3ccccc3)[C@@H](OCc3ccccc3)[C@H](C)OC2=O)c1OCOC(C)=O. The lowest BCUT2D eigenvalue weighted by Gasteiger charge is -2.33. The Morgan fingerprint density at radius 2 is 1.62 bits per heavy atom. The topological polar surface area (TPSA) is 129 Å². The minimum Gasteiger partial charge on any atom is -0.493 e. The Kier molecular flexibility index (Phi) is 12.9. The molecule has 0 unspecified atom stereocenters. The van der Waals surface area contributed by atoms with Crippen molar-refractivity contribution in [2.24, 2.45) is 5.92 Å². The molecule has 0 aliphatic carbocycles. The molecular formula is C34H39NO10. The minimum atomic E-state index is -0.925. The number of hydrogen-bond donors (Lipinski definition) is 0. The lowest BCUT2D eigenvalue weighted by atomic mass is 9.99. The maximum Gasteiger partial charge on any atom is 0.312 e. The summed E-state index contributed by atoms with van der Waals surface area (Å²) in [5.74, 6) is -2.37. The number of ketones is 1. The van der Waals surface area contributed by atoms with Crippen LogP contribution < -0.4 is 9.47 Å². The lowest BCUT2D eigenvalue weighted by molar-refractivity contribution is -0.181. The number of hydrogen-bond acceptors (Lipinski definition) is 11. The number of pyridine rings is 1. The molecule has 0 bridgehead atoms. The quantitative estimate of drug-likeness (QED) is 0.150. The Morgan fingerprint density at radius 1 is 0.956 bits per heavy atom. The van der Waals surface area contributed by atoms with Gasteiger partial charge in [0.25, 0.3) is 0 Å². The number of benzene rings is 2. The van der Waals surface area contributed by atoms with Crippen LogP contribution in [0.15, 0.2) is 72.9 Å². The number of nitrogens with zero attached hydrogens (tertiary/aromatic N) is 1. The van der Waals surface area contributed by atoms with E-state index >= 15 is 0 Å². The molecule has 240 valence electrons. The highest BCUT2D eigenvalue weighted by atomic mass is 16.7. The third kappa shape index (κ3) is 10.1. The summed E-state index contributed by atoms with van der Waals surface area (Å²) in [6.45, 7) is 3.41. The van der Waals surface area contributed by atoms with Gasteiger partial charge in [0.1, 0.15) is 12.2 Å². The van der Waals surface area contributed by atoms with Crippen molar-refractivity contribution in [1.82, 2.24) is 4.98 Å². The fraction of sp³-hybridized carbons (Fsp3) is 0.412. The van der Waals surface area contributed by atoms with Crippen molar-refractivity contribution < 1.29 is 47.5 Å². The Morgan fingerprint density at radius 3 is 2.27 bits per heavy atom. The van der Waals surface area contributed by atoms with E-state index in [0.29, 0.717) is 19.6 Å². The first-order chi connectivity index (χ1) is 21.9. The second-order valence-electron chi connectivity index (χ2n) is 10.5. The van der Waals surface area contributed by atoms with Crippen molar-refractivity contribution in [3.63, 3.8) is 0 Å². The predicted octanol–water partition coefficient (Wildman–Crippen LogP) is 4.70. The van der Waals surface area contributed by atoms with Gasteiger partial charge in [-0.05, 0) is 24.5 Å². The van der Waals surface area contributed by atoms with Crippen LogP contribution in [0.5, 0.6) is 11.5 Å². The molecule has 1 fully saturated rings. The predicted molar refractivity (Wildman–Crippen MR) is 162 cm³/mol. The number of rotatable bonds is 13. The highest BCUT2D eigenvalue weighted by Gasteiger charge is 2.36. The Hall–Kier alpha value is -4.32. The molecule has 2 heterocycles. The van der Waals surface area contributed by atoms with Gasteiger partial charge in [-0.15, -0.1) is 0 Å². The number of carbonyl (C=O) groups is 3. The van der Waals surface area contributed by atoms with Gasteiger partial charge in [0, 0.05) is 32.2 Å². The van der Waals surface area contributed by atoms with Crippen LogP contribution in [0.25, 0.3) is 0 Å². The maximum atomic E-state index is 13.5. The Labute approximate surface area is 262 Å². The molecule has 4 rings (SSSR count). The van der Waals surface area contributed by atoms with Crippen LogP contribution in [0.2, 0.25) is 0 Å². The molecule has 11 nitrogen and oxygen atoms in total. The van der Waals surface area contributed by atoms with Crippen LogP contribution in [-0.4, -0.2) is 68.1 Å². The Balaban J connectivity index is 1.49. The third-order valence-corrected chi connectivity index (χ3v) is 7.17. The first-order valence-corrected chi connectivity index (χ1v) is 14.8. The standard InChI is InChI=1S/C34H39NO10/c1-23-32(42-20-26-12-8-5-9-13-26)30(41-19-25-10-6-4-7-11-25)15-17-40-21-27(34(38)45-23)18-28(37)31-33(44-22-43-24(2)36)29(39-3)14-16-35-31/h4-14,16,23,27,30,32H,15,17-22H2,1-3H3/t23-,27-,30-,32-/m0/s1. The summed E-state index contributed by atoms with van der Waals surface area (Å²) in [5, 5.41) is 0. The smallest absolute Gasteiger partial charge is 0.312 e. The molecule has 0 spiro atoms. The van der Waals surface area contributed by atoms with Crippen molar-refractivity contribution in [2.75, 3.05) is 27.1 Å². The summed E-state index contributed by atoms with van der Waals surface area (Å²) in [7, 11) is 1.41. The molecule has 1 aliphatic rings. The molecule has 2 aromatic carbocycles. The van der Waals surface area contributed by atoms with Gasteiger partial charge in [-0.1, -0.05) is 60.7 Å². The summed E-state index contributed by atoms with van der Waals surface area (Å²) in [6, 6.07) is 21.0. The molecule has 1 aliphatic heterocycles. The summed E-state index contributed by atoms with van der Waals surface area (Å²) < 4.78 is 40.2. The van der Waals surface area contributed by atoms with Crippen LogP contribution in [0.4, 0.5) is 0 Å². The van der Waals surface area contributed by atoms with Gasteiger partial charge in [0.2, 0.25) is 6.79 Å². The largest absolute Gasteiger partial charge is 0.493 e. The third-order valence-electron chi connectivity index (χ3n) is 7.17. The molecule has 0 amide bonds. The molecular weight excluding hydrogens is 582 g/mol. The van der Waals surface area contributed by atoms with E-state index in [-0.39, 0.29) is 36.8 Å². The lowest BCUT2D eigenvalue weighted by Crippen LogP contribution is -2.45. The normalized spacial score (nSPS) is 20.5. The number of carbonyl (C=O) groups excluding carboxylic acids is 3. The van der Waals surface area contributed by atoms with E-state index in [0.717, 1.165) is 11.1 Å². The van der Waals surface area contributed by atoms with E-state index in [1.54, 1.807) is 6.92 Å². The van der Waals surface area contributed by atoms with Crippen LogP contribution in [0, 0.1) is 5.92 Å². The minimum absolute atomic E-state index is 0.00144.